The van der Waals surface area contributed by atoms with Crippen molar-refractivity contribution in [3.8, 4) is 5.75 Å². The maximum absolute atomic E-state index is 5.94. The molecule has 0 aliphatic heterocycles. The van der Waals surface area contributed by atoms with Gasteiger partial charge in [0.05, 0.1) is 12.4 Å². The summed E-state index contributed by atoms with van der Waals surface area (Å²) in [5.74, 6) is 0.797. The van der Waals surface area contributed by atoms with Crippen LogP contribution < -0.4 is 10.5 Å². The molecule has 0 radical (unpaired) electrons. The summed E-state index contributed by atoms with van der Waals surface area (Å²) in [6.45, 7) is 7.00. The highest BCUT2D eigenvalue weighted by Gasteiger charge is 2.41. The van der Waals surface area contributed by atoms with Gasteiger partial charge in [0.15, 0.2) is 5.75 Å². The number of aromatic nitrogens is 2. The van der Waals surface area contributed by atoms with Crippen LogP contribution in [0.25, 0.3) is 0 Å². The Morgan fingerprint density at radius 2 is 2.33 bits per heavy atom. The standard InChI is InChI=1S/C13H23N3O2/c1-4-5-17-13-11(14)6-12(13)18-10-7-15-16(8-10)9(2)3/h7-9,11-13H,4-6,14H2,1-3H3. The molecular weight excluding hydrogens is 230 g/mol. The monoisotopic (exact) mass is 253 g/mol. The highest BCUT2D eigenvalue weighted by atomic mass is 16.5. The molecule has 102 valence electrons. The fourth-order valence-corrected chi connectivity index (χ4v) is 2.06. The van der Waals surface area contributed by atoms with E-state index in [1.54, 1.807) is 6.20 Å². The van der Waals surface area contributed by atoms with Crippen molar-refractivity contribution in [2.75, 3.05) is 6.61 Å². The van der Waals surface area contributed by atoms with E-state index in [1.165, 1.54) is 0 Å². The minimum atomic E-state index is 0.0207. The Labute approximate surface area is 108 Å². The Kier molecular flexibility index (Phi) is 4.24. The van der Waals surface area contributed by atoms with Gasteiger partial charge in [0, 0.05) is 25.1 Å². The van der Waals surface area contributed by atoms with Crippen LogP contribution >= 0.6 is 0 Å². The van der Waals surface area contributed by atoms with Crippen LogP contribution in [0.3, 0.4) is 0 Å². The van der Waals surface area contributed by atoms with Crippen LogP contribution in [0.5, 0.6) is 5.75 Å². The van der Waals surface area contributed by atoms with Crippen molar-refractivity contribution in [3.05, 3.63) is 12.4 Å². The number of nitrogens with two attached hydrogens (primary N) is 1. The molecule has 1 aliphatic rings. The van der Waals surface area contributed by atoms with Gasteiger partial charge >= 0.3 is 0 Å². The molecule has 1 aromatic heterocycles. The topological polar surface area (TPSA) is 62.3 Å². The van der Waals surface area contributed by atoms with E-state index in [2.05, 4.69) is 25.9 Å². The average Bonchev–Trinajstić information content (AvgIpc) is 2.77. The maximum Gasteiger partial charge on any atom is 0.157 e. The molecule has 0 aromatic carbocycles. The summed E-state index contributed by atoms with van der Waals surface area (Å²) in [5, 5.41) is 4.25. The van der Waals surface area contributed by atoms with E-state index < -0.39 is 0 Å². The second kappa shape index (κ2) is 5.71. The largest absolute Gasteiger partial charge is 0.484 e. The lowest BCUT2D eigenvalue weighted by Crippen LogP contribution is -2.59. The van der Waals surface area contributed by atoms with Gasteiger partial charge in [0.25, 0.3) is 0 Å². The van der Waals surface area contributed by atoms with Gasteiger partial charge in [-0.15, -0.1) is 0 Å². The van der Waals surface area contributed by atoms with E-state index in [9.17, 15) is 0 Å². The van der Waals surface area contributed by atoms with Crippen molar-refractivity contribution in [3.63, 3.8) is 0 Å². The van der Waals surface area contributed by atoms with Crippen LogP contribution in [0.15, 0.2) is 12.4 Å². The van der Waals surface area contributed by atoms with Gasteiger partial charge in [-0.25, -0.2) is 0 Å². The smallest absolute Gasteiger partial charge is 0.157 e. The van der Waals surface area contributed by atoms with Crippen LogP contribution in [0, 0.1) is 0 Å². The average molecular weight is 253 g/mol. The van der Waals surface area contributed by atoms with Crippen molar-refractivity contribution in [1.82, 2.24) is 9.78 Å². The van der Waals surface area contributed by atoms with Crippen molar-refractivity contribution in [2.24, 2.45) is 5.73 Å². The zero-order valence-electron chi connectivity index (χ0n) is 11.4. The van der Waals surface area contributed by atoms with Gasteiger partial charge in [-0.1, -0.05) is 6.92 Å². The molecule has 5 heteroatoms. The number of hydrogen-bond donors (Lipinski definition) is 1. The molecule has 0 spiro atoms. The molecule has 1 saturated carbocycles. The second-order valence-electron chi connectivity index (χ2n) is 5.14. The molecule has 1 fully saturated rings. The van der Waals surface area contributed by atoms with Crippen molar-refractivity contribution >= 4 is 0 Å². The van der Waals surface area contributed by atoms with Crippen LogP contribution in [0.2, 0.25) is 0 Å². The predicted molar refractivity (Wildman–Crippen MR) is 69.7 cm³/mol. The Bertz CT molecular complexity index is 378. The third kappa shape index (κ3) is 2.84. The summed E-state index contributed by atoms with van der Waals surface area (Å²) < 4.78 is 13.5. The fraction of sp³-hybridized carbons (Fsp3) is 0.769. The van der Waals surface area contributed by atoms with Crippen LogP contribution in [-0.2, 0) is 4.74 Å². The Balaban J connectivity index is 1.88. The van der Waals surface area contributed by atoms with Crippen LogP contribution in [0.4, 0.5) is 0 Å². The zero-order valence-corrected chi connectivity index (χ0v) is 11.4. The Hall–Kier alpha value is -1.07. The van der Waals surface area contributed by atoms with Gasteiger partial charge in [0.2, 0.25) is 0 Å². The van der Waals surface area contributed by atoms with Gasteiger partial charge < -0.3 is 15.2 Å². The van der Waals surface area contributed by atoms with Gasteiger partial charge in [-0.05, 0) is 20.3 Å². The molecular formula is C13H23N3O2. The van der Waals surface area contributed by atoms with E-state index in [0.29, 0.717) is 6.04 Å². The van der Waals surface area contributed by atoms with E-state index in [0.717, 1.165) is 25.2 Å². The summed E-state index contributed by atoms with van der Waals surface area (Å²) in [5.41, 5.74) is 5.94. The van der Waals surface area contributed by atoms with Gasteiger partial charge in [0.1, 0.15) is 12.2 Å². The maximum atomic E-state index is 5.94. The first-order valence-electron chi connectivity index (χ1n) is 6.69. The first kappa shape index (κ1) is 13.4. The van der Waals surface area contributed by atoms with Crippen LogP contribution in [0.1, 0.15) is 39.7 Å². The summed E-state index contributed by atoms with van der Waals surface area (Å²) >= 11 is 0. The molecule has 1 heterocycles. The third-order valence-corrected chi connectivity index (χ3v) is 3.20. The van der Waals surface area contributed by atoms with Crippen molar-refractivity contribution < 1.29 is 9.47 Å². The first-order valence-corrected chi connectivity index (χ1v) is 6.69. The van der Waals surface area contributed by atoms with E-state index in [4.69, 9.17) is 15.2 Å². The highest BCUT2D eigenvalue weighted by molar-refractivity contribution is 5.14. The molecule has 0 amide bonds. The lowest BCUT2D eigenvalue weighted by atomic mass is 9.86. The molecule has 2 rings (SSSR count). The molecule has 1 aliphatic carbocycles. The zero-order chi connectivity index (χ0) is 13.1. The molecule has 5 nitrogen and oxygen atoms in total. The van der Waals surface area contributed by atoms with E-state index >= 15 is 0 Å². The minimum Gasteiger partial charge on any atom is -0.484 e. The summed E-state index contributed by atoms with van der Waals surface area (Å²) in [6, 6.07) is 0.444. The SMILES string of the molecule is CCCOC1C(N)CC1Oc1cnn(C(C)C)c1. The van der Waals surface area contributed by atoms with E-state index in [-0.39, 0.29) is 18.2 Å². The number of ether oxygens (including phenoxy) is 2. The highest BCUT2D eigenvalue weighted by Crippen LogP contribution is 2.28. The number of rotatable bonds is 6. The summed E-state index contributed by atoms with van der Waals surface area (Å²) in [7, 11) is 0. The van der Waals surface area contributed by atoms with E-state index in [1.807, 2.05) is 10.9 Å². The lowest BCUT2D eigenvalue weighted by molar-refractivity contribution is -0.0980. The minimum absolute atomic E-state index is 0.0207. The summed E-state index contributed by atoms with van der Waals surface area (Å²) in [4.78, 5) is 0. The quantitative estimate of drug-likeness (QED) is 0.838. The molecule has 18 heavy (non-hydrogen) atoms. The number of hydrogen-bond acceptors (Lipinski definition) is 4. The van der Waals surface area contributed by atoms with Gasteiger partial charge in [-0.2, -0.15) is 5.10 Å². The second-order valence-corrected chi connectivity index (χ2v) is 5.14. The Morgan fingerprint density at radius 1 is 1.56 bits per heavy atom. The fourth-order valence-electron chi connectivity index (χ4n) is 2.06. The predicted octanol–water partition coefficient (Wildman–Crippen LogP) is 1.74. The molecule has 3 atom stereocenters. The Morgan fingerprint density at radius 3 is 2.89 bits per heavy atom. The molecule has 1 aromatic rings. The van der Waals surface area contributed by atoms with Crippen molar-refractivity contribution in [1.29, 1.82) is 0 Å². The lowest BCUT2D eigenvalue weighted by Gasteiger charge is -2.41. The van der Waals surface area contributed by atoms with Gasteiger partial charge in [-0.3, -0.25) is 4.68 Å². The van der Waals surface area contributed by atoms with Crippen molar-refractivity contribution in [2.45, 2.75) is 57.9 Å². The summed E-state index contributed by atoms with van der Waals surface area (Å²) in [6.07, 6.45) is 5.61. The normalized spacial score (nSPS) is 27.3. The molecule has 0 bridgehead atoms. The van der Waals surface area contributed by atoms with Crippen LogP contribution in [-0.4, -0.2) is 34.6 Å². The third-order valence-electron chi connectivity index (χ3n) is 3.20. The molecule has 0 saturated heterocycles. The number of nitrogens with zero attached hydrogens (tertiary/aromatic N) is 2. The molecule has 3 unspecified atom stereocenters. The first-order chi connectivity index (χ1) is 8.61. The molecule has 2 N–H and O–H groups in total.